The molecule has 1 amide bonds. The Hall–Kier alpha value is -1.50. The molecular weight excluding hydrogens is 283 g/mol. The summed E-state index contributed by atoms with van der Waals surface area (Å²) in [5.74, 6) is -2.04. The molecule has 0 bridgehead atoms. The number of ether oxygens (including phenoxy) is 1. The van der Waals surface area contributed by atoms with Gasteiger partial charge in [0.15, 0.2) is 11.6 Å². The van der Waals surface area contributed by atoms with Crippen LogP contribution in [0.15, 0.2) is 6.20 Å². The number of carbonyl (C=O) groups excluding carboxylic acids is 2. The zero-order chi connectivity index (χ0) is 12.3. The van der Waals surface area contributed by atoms with E-state index in [2.05, 4.69) is 25.7 Å². The van der Waals surface area contributed by atoms with Crippen LogP contribution in [0.3, 0.4) is 0 Å². The van der Waals surface area contributed by atoms with E-state index >= 15 is 0 Å². The van der Waals surface area contributed by atoms with Crippen LogP contribution >= 0.6 is 15.9 Å². The fourth-order valence-electron chi connectivity index (χ4n) is 1.13. The highest BCUT2D eigenvalue weighted by Gasteiger charge is 2.20. The van der Waals surface area contributed by atoms with Crippen LogP contribution in [0.2, 0.25) is 0 Å². The van der Waals surface area contributed by atoms with Crippen LogP contribution < -0.4 is 10.5 Å². The van der Waals surface area contributed by atoms with Crippen molar-refractivity contribution >= 4 is 27.8 Å². The average Bonchev–Trinajstić information content (AvgIpc) is 2.21. The molecule has 0 fully saturated rings. The van der Waals surface area contributed by atoms with Crippen molar-refractivity contribution in [3.63, 3.8) is 0 Å². The number of primary amides is 1. The van der Waals surface area contributed by atoms with E-state index in [4.69, 9.17) is 5.73 Å². The van der Waals surface area contributed by atoms with Crippen LogP contribution in [0.1, 0.15) is 15.9 Å². The lowest BCUT2D eigenvalue weighted by Crippen LogP contribution is -2.19. The third-order valence-corrected chi connectivity index (χ3v) is 2.28. The minimum Gasteiger partial charge on any atom is -0.388 e. The van der Waals surface area contributed by atoms with Crippen molar-refractivity contribution in [3.8, 4) is 5.88 Å². The number of halogens is 2. The number of pyridine rings is 1. The van der Waals surface area contributed by atoms with E-state index in [0.717, 1.165) is 0 Å². The highest BCUT2D eigenvalue weighted by atomic mass is 79.9. The Morgan fingerprint density at radius 3 is 2.75 bits per heavy atom. The lowest BCUT2D eigenvalue weighted by molar-refractivity contribution is 0.101. The SMILES string of the molecule is Cc1cnc(OC(N)=O)c(F)c1C(=O)CBr. The van der Waals surface area contributed by atoms with Crippen LogP contribution in [0.4, 0.5) is 9.18 Å². The predicted molar refractivity (Wildman–Crippen MR) is 57.3 cm³/mol. The van der Waals surface area contributed by atoms with E-state index in [1.807, 2.05) is 0 Å². The number of hydrogen-bond acceptors (Lipinski definition) is 4. The molecule has 86 valence electrons. The molecule has 0 aliphatic rings. The quantitative estimate of drug-likeness (QED) is 0.676. The Morgan fingerprint density at radius 1 is 1.62 bits per heavy atom. The first-order valence-electron chi connectivity index (χ1n) is 4.19. The normalized spacial score (nSPS) is 9.94. The molecule has 0 spiro atoms. The topological polar surface area (TPSA) is 82.3 Å². The summed E-state index contributed by atoms with van der Waals surface area (Å²) in [7, 11) is 0. The maximum absolute atomic E-state index is 13.7. The number of Topliss-reactive ketones (excluding diaryl/α,β-unsaturated/α-hetero) is 1. The van der Waals surface area contributed by atoms with Gasteiger partial charge in [-0.15, -0.1) is 0 Å². The summed E-state index contributed by atoms with van der Waals surface area (Å²) in [6, 6.07) is 0. The molecule has 1 rings (SSSR count). The zero-order valence-electron chi connectivity index (χ0n) is 8.29. The van der Waals surface area contributed by atoms with E-state index in [1.165, 1.54) is 13.1 Å². The predicted octanol–water partition coefficient (Wildman–Crippen LogP) is 1.56. The van der Waals surface area contributed by atoms with Gasteiger partial charge in [0.2, 0.25) is 0 Å². The van der Waals surface area contributed by atoms with Gasteiger partial charge in [0, 0.05) is 6.20 Å². The second-order valence-electron chi connectivity index (χ2n) is 2.91. The Balaban J connectivity index is 3.26. The van der Waals surface area contributed by atoms with Gasteiger partial charge in [-0.2, -0.15) is 0 Å². The average molecular weight is 291 g/mol. The zero-order valence-corrected chi connectivity index (χ0v) is 9.88. The number of carbonyl (C=O) groups is 2. The third kappa shape index (κ3) is 2.54. The van der Waals surface area contributed by atoms with Gasteiger partial charge in [-0.1, -0.05) is 15.9 Å². The number of rotatable bonds is 3. The lowest BCUT2D eigenvalue weighted by atomic mass is 10.1. The van der Waals surface area contributed by atoms with Crippen molar-refractivity contribution in [2.24, 2.45) is 5.73 Å². The van der Waals surface area contributed by atoms with E-state index in [-0.39, 0.29) is 10.9 Å². The highest BCUT2D eigenvalue weighted by Crippen LogP contribution is 2.21. The second kappa shape index (κ2) is 5.02. The molecule has 0 saturated heterocycles. The van der Waals surface area contributed by atoms with Gasteiger partial charge in [-0.05, 0) is 12.5 Å². The van der Waals surface area contributed by atoms with Crippen LogP contribution in [0.25, 0.3) is 0 Å². The van der Waals surface area contributed by atoms with Crippen LogP contribution in [-0.2, 0) is 0 Å². The molecular formula is C9H8BrFN2O3. The molecule has 5 nitrogen and oxygen atoms in total. The maximum Gasteiger partial charge on any atom is 0.411 e. The number of amides is 1. The number of aromatic nitrogens is 1. The molecule has 1 aromatic rings. The van der Waals surface area contributed by atoms with Crippen LogP contribution in [-0.4, -0.2) is 22.2 Å². The second-order valence-corrected chi connectivity index (χ2v) is 3.47. The molecule has 0 unspecified atom stereocenters. The van der Waals surface area contributed by atoms with Crippen LogP contribution in [0.5, 0.6) is 5.88 Å². The van der Waals surface area contributed by atoms with Crippen molar-refractivity contribution in [1.29, 1.82) is 0 Å². The Labute approximate surface area is 98.9 Å². The first-order valence-corrected chi connectivity index (χ1v) is 5.31. The van der Waals surface area contributed by atoms with Crippen molar-refractivity contribution < 1.29 is 18.7 Å². The van der Waals surface area contributed by atoms with Gasteiger partial charge >= 0.3 is 6.09 Å². The number of ketones is 1. The molecule has 0 aliphatic carbocycles. The number of alkyl halides is 1. The summed E-state index contributed by atoms with van der Waals surface area (Å²) in [4.78, 5) is 25.4. The Bertz CT molecular complexity index is 451. The minimum atomic E-state index is -1.19. The van der Waals surface area contributed by atoms with Gasteiger partial charge in [-0.3, -0.25) is 4.79 Å². The van der Waals surface area contributed by atoms with Crippen molar-refractivity contribution in [2.45, 2.75) is 6.92 Å². The van der Waals surface area contributed by atoms with Gasteiger partial charge in [-0.25, -0.2) is 14.2 Å². The summed E-state index contributed by atoms with van der Waals surface area (Å²) >= 11 is 2.93. The first-order chi connectivity index (χ1) is 7.47. The van der Waals surface area contributed by atoms with Gasteiger partial charge in [0.1, 0.15) is 0 Å². The Morgan fingerprint density at radius 2 is 2.25 bits per heavy atom. The first kappa shape index (κ1) is 12.6. The molecule has 7 heteroatoms. The number of hydrogen-bond donors (Lipinski definition) is 1. The fourth-order valence-corrected chi connectivity index (χ4v) is 1.41. The van der Waals surface area contributed by atoms with E-state index < -0.39 is 23.6 Å². The maximum atomic E-state index is 13.7. The van der Waals surface area contributed by atoms with Crippen molar-refractivity contribution in [2.75, 3.05) is 5.33 Å². The van der Waals surface area contributed by atoms with Gasteiger partial charge < -0.3 is 10.5 Å². The molecule has 16 heavy (non-hydrogen) atoms. The molecule has 2 N–H and O–H groups in total. The third-order valence-electron chi connectivity index (χ3n) is 1.77. The number of nitrogens with two attached hydrogens (primary N) is 1. The fraction of sp³-hybridized carbons (Fsp3) is 0.222. The number of aryl methyl sites for hydroxylation is 1. The van der Waals surface area contributed by atoms with E-state index in [9.17, 15) is 14.0 Å². The summed E-state index contributed by atoms with van der Waals surface area (Å²) < 4.78 is 18.0. The Kier molecular flexibility index (Phi) is 3.94. The smallest absolute Gasteiger partial charge is 0.388 e. The minimum absolute atomic E-state index is 0.0369. The largest absolute Gasteiger partial charge is 0.411 e. The standard InChI is InChI=1S/C9H8BrFN2O3/c1-4-3-13-8(16-9(12)15)7(11)6(4)5(14)2-10/h3H,2H2,1H3,(H2,12,15). The number of nitrogens with zero attached hydrogens (tertiary/aromatic N) is 1. The van der Waals surface area contributed by atoms with Gasteiger partial charge in [0.05, 0.1) is 10.9 Å². The van der Waals surface area contributed by atoms with Crippen molar-refractivity contribution in [1.82, 2.24) is 4.98 Å². The molecule has 0 aliphatic heterocycles. The van der Waals surface area contributed by atoms with Crippen LogP contribution in [0, 0.1) is 12.7 Å². The summed E-state index contributed by atoms with van der Waals surface area (Å²) in [5.41, 5.74) is 4.92. The molecule has 0 atom stereocenters. The molecule has 0 aromatic carbocycles. The lowest BCUT2D eigenvalue weighted by Gasteiger charge is -2.07. The molecule has 0 saturated carbocycles. The highest BCUT2D eigenvalue weighted by molar-refractivity contribution is 9.09. The molecule has 1 aromatic heterocycles. The summed E-state index contributed by atoms with van der Waals surface area (Å²) in [5, 5.41) is -0.0369. The van der Waals surface area contributed by atoms with E-state index in [0.29, 0.717) is 5.56 Å². The summed E-state index contributed by atoms with van der Waals surface area (Å²) in [6.07, 6.45) is 0.0459. The van der Waals surface area contributed by atoms with Gasteiger partial charge in [0.25, 0.3) is 5.88 Å². The monoisotopic (exact) mass is 290 g/mol. The summed E-state index contributed by atoms with van der Waals surface area (Å²) in [6.45, 7) is 1.53. The molecule has 1 heterocycles. The van der Waals surface area contributed by atoms with Crippen molar-refractivity contribution in [3.05, 3.63) is 23.1 Å². The molecule has 0 radical (unpaired) electrons. The van der Waals surface area contributed by atoms with E-state index in [1.54, 1.807) is 0 Å².